The normalized spacial score (nSPS) is 26.1. The Morgan fingerprint density at radius 2 is 2.17 bits per heavy atom. The van der Waals surface area contributed by atoms with Gasteiger partial charge in [-0.2, -0.15) is 0 Å². The number of hydrogen-bond donors (Lipinski definition) is 2. The molecule has 2 atom stereocenters. The van der Waals surface area contributed by atoms with Crippen molar-refractivity contribution in [2.24, 2.45) is 5.92 Å². The van der Waals surface area contributed by atoms with Gasteiger partial charge >= 0.3 is 0 Å². The SMILES string of the molecule is CC1NCCC1C(=O)Nc1ccc2c(c1)CCC2. The number of carbonyl (C=O) groups is 1. The molecule has 1 saturated heterocycles. The Labute approximate surface area is 108 Å². The van der Waals surface area contributed by atoms with Crippen LogP contribution in [0.25, 0.3) is 0 Å². The average Bonchev–Trinajstić information content (AvgIpc) is 2.96. The summed E-state index contributed by atoms with van der Waals surface area (Å²) in [6.45, 7) is 3.03. The van der Waals surface area contributed by atoms with Crippen molar-refractivity contribution in [3.8, 4) is 0 Å². The molecule has 0 bridgehead atoms. The van der Waals surface area contributed by atoms with Crippen molar-refractivity contribution in [1.29, 1.82) is 0 Å². The number of nitrogens with one attached hydrogen (secondary N) is 2. The summed E-state index contributed by atoms with van der Waals surface area (Å²) in [6.07, 6.45) is 4.53. The molecule has 2 unspecified atom stereocenters. The molecule has 1 heterocycles. The van der Waals surface area contributed by atoms with Crippen molar-refractivity contribution in [3.63, 3.8) is 0 Å². The van der Waals surface area contributed by atoms with E-state index in [1.165, 1.54) is 24.0 Å². The number of carbonyl (C=O) groups excluding carboxylic acids is 1. The third kappa shape index (κ3) is 2.15. The van der Waals surface area contributed by atoms with Crippen molar-refractivity contribution < 1.29 is 4.79 Å². The maximum atomic E-state index is 12.2. The van der Waals surface area contributed by atoms with Gasteiger partial charge in [0.1, 0.15) is 0 Å². The molecule has 3 heteroatoms. The second-order valence-electron chi connectivity index (χ2n) is 5.46. The highest BCUT2D eigenvalue weighted by molar-refractivity contribution is 5.93. The van der Waals surface area contributed by atoms with Crippen LogP contribution >= 0.6 is 0 Å². The molecule has 96 valence electrons. The molecule has 2 N–H and O–H groups in total. The largest absolute Gasteiger partial charge is 0.326 e. The van der Waals surface area contributed by atoms with E-state index in [0.29, 0.717) is 6.04 Å². The second kappa shape index (κ2) is 4.73. The molecule has 1 fully saturated rings. The molecule has 1 aromatic rings. The van der Waals surface area contributed by atoms with Gasteiger partial charge in [-0.25, -0.2) is 0 Å². The molecule has 3 rings (SSSR count). The van der Waals surface area contributed by atoms with E-state index in [4.69, 9.17) is 0 Å². The summed E-state index contributed by atoms with van der Waals surface area (Å²) in [4.78, 5) is 12.2. The summed E-state index contributed by atoms with van der Waals surface area (Å²) in [7, 11) is 0. The van der Waals surface area contributed by atoms with Crippen molar-refractivity contribution >= 4 is 11.6 Å². The van der Waals surface area contributed by atoms with Gasteiger partial charge in [0, 0.05) is 11.7 Å². The monoisotopic (exact) mass is 244 g/mol. The predicted molar refractivity (Wildman–Crippen MR) is 72.7 cm³/mol. The van der Waals surface area contributed by atoms with Crippen LogP contribution in [0, 0.1) is 5.92 Å². The fourth-order valence-corrected chi connectivity index (χ4v) is 3.10. The van der Waals surface area contributed by atoms with Crippen LogP contribution in [0.3, 0.4) is 0 Å². The molecule has 1 amide bonds. The van der Waals surface area contributed by atoms with Crippen molar-refractivity contribution in [2.75, 3.05) is 11.9 Å². The summed E-state index contributed by atoms with van der Waals surface area (Å²) in [5, 5.41) is 6.38. The number of fused-ring (bicyclic) bond motifs is 1. The quantitative estimate of drug-likeness (QED) is 0.836. The van der Waals surface area contributed by atoms with Crippen LogP contribution in [0.5, 0.6) is 0 Å². The van der Waals surface area contributed by atoms with Crippen molar-refractivity contribution in [1.82, 2.24) is 5.32 Å². The Morgan fingerprint density at radius 3 is 2.94 bits per heavy atom. The van der Waals surface area contributed by atoms with Crippen molar-refractivity contribution in [3.05, 3.63) is 29.3 Å². The van der Waals surface area contributed by atoms with Gasteiger partial charge in [-0.15, -0.1) is 0 Å². The van der Waals surface area contributed by atoms with E-state index in [9.17, 15) is 4.79 Å². The molecule has 0 spiro atoms. The highest BCUT2D eigenvalue weighted by Gasteiger charge is 2.29. The van der Waals surface area contributed by atoms with E-state index in [1.807, 2.05) is 6.07 Å². The van der Waals surface area contributed by atoms with Crippen LogP contribution in [0.4, 0.5) is 5.69 Å². The van der Waals surface area contributed by atoms with E-state index in [0.717, 1.165) is 25.1 Å². The Balaban J connectivity index is 1.71. The van der Waals surface area contributed by atoms with Crippen LogP contribution in [-0.4, -0.2) is 18.5 Å². The van der Waals surface area contributed by atoms with Gasteiger partial charge in [0.05, 0.1) is 5.92 Å². The smallest absolute Gasteiger partial charge is 0.229 e. The maximum absolute atomic E-state index is 12.2. The molecular weight excluding hydrogens is 224 g/mol. The number of aryl methyl sites for hydroxylation is 2. The molecule has 0 radical (unpaired) electrons. The van der Waals surface area contributed by atoms with Crippen LogP contribution in [0.1, 0.15) is 30.9 Å². The van der Waals surface area contributed by atoms with E-state index in [2.05, 4.69) is 29.7 Å². The van der Waals surface area contributed by atoms with E-state index in [-0.39, 0.29) is 11.8 Å². The summed E-state index contributed by atoms with van der Waals surface area (Å²) in [6, 6.07) is 6.64. The Bertz CT molecular complexity index is 470. The standard InChI is InChI=1S/C15H20N2O/c1-10-14(7-8-16-10)15(18)17-13-6-5-11-3-2-4-12(11)9-13/h5-6,9-10,14,16H,2-4,7-8H2,1H3,(H,17,18). The maximum Gasteiger partial charge on any atom is 0.229 e. The minimum absolute atomic E-state index is 0.109. The van der Waals surface area contributed by atoms with Gasteiger partial charge in [0.2, 0.25) is 5.91 Å². The zero-order valence-corrected chi connectivity index (χ0v) is 10.8. The third-order valence-corrected chi connectivity index (χ3v) is 4.23. The lowest BCUT2D eigenvalue weighted by molar-refractivity contribution is -0.119. The van der Waals surface area contributed by atoms with Gasteiger partial charge in [0.25, 0.3) is 0 Å². The molecule has 0 aromatic heterocycles. The molecule has 3 nitrogen and oxygen atoms in total. The summed E-state index contributed by atoms with van der Waals surface area (Å²) >= 11 is 0. The van der Waals surface area contributed by atoms with Crippen LogP contribution in [0.2, 0.25) is 0 Å². The van der Waals surface area contributed by atoms with E-state index >= 15 is 0 Å². The Hall–Kier alpha value is -1.35. The molecule has 1 aliphatic heterocycles. The lowest BCUT2D eigenvalue weighted by Crippen LogP contribution is -2.32. The zero-order valence-electron chi connectivity index (χ0n) is 10.8. The highest BCUT2D eigenvalue weighted by atomic mass is 16.1. The number of amides is 1. The summed E-state index contributed by atoms with van der Waals surface area (Å²) < 4.78 is 0. The number of anilines is 1. The predicted octanol–water partition coefficient (Wildman–Crippen LogP) is 2.11. The van der Waals surface area contributed by atoms with Crippen LogP contribution in [0.15, 0.2) is 18.2 Å². The van der Waals surface area contributed by atoms with Crippen LogP contribution in [-0.2, 0) is 17.6 Å². The first kappa shape index (κ1) is 11.7. The first-order chi connectivity index (χ1) is 8.74. The van der Waals surface area contributed by atoms with Gasteiger partial charge in [0.15, 0.2) is 0 Å². The lowest BCUT2D eigenvalue weighted by atomic mass is 10.0. The molecular formula is C15H20N2O. The summed E-state index contributed by atoms with van der Waals surface area (Å²) in [5.74, 6) is 0.267. The molecule has 0 saturated carbocycles. The lowest BCUT2D eigenvalue weighted by Gasteiger charge is -2.15. The van der Waals surface area contributed by atoms with Crippen LogP contribution < -0.4 is 10.6 Å². The number of rotatable bonds is 2. The highest BCUT2D eigenvalue weighted by Crippen LogP contribution is 2.25. The van der Waals surface area contributed by atoms with E-state index in [1.54, 1.807) is 0 Å². The van der Waals surface area contributed by atoms with Gasteiger partial charge < -0.3 is 10.6 Å². The topological polar surface area (TPSA) is 41.1 Å². The van der Waals surface area contributed by atoms with Gasteiger partial charge in [-0.3, -0.25) is 4.79 Å². The van der Waals surface area contributed by atoms with Crippen molar-refractivity contribution in [2.45, 2.75) is 38.6 Å². The Morgan fingerprint density at radius 1 is 1.33 bits per heavy atom. The number of hydrogen-bond acceptors (Lipinski definition) is 2. The molecule has 2 aliphatic rings. The first-order valence-corrected chi connectivity index (χ1v) is 6.90. The van der Waals surface area contributed by atoms with Gasteiger partial charge in [-0.1, -0.05) is 6.07 Å². The average molecular weight is 244 g/mol. The van der Waals surface area contributed by atoms with E-state index < -0.39 is 0 Å². The Kier molecular flexibility index (Phi) is 3.08. The van der Waals surface area contributed by atoms with Gasteiger partial charge in [-0.05, 0) is 62.4 Å². The molecule has 18 heavy (non-hydrogen) atoms. The third-order valence-electron chi connectivity index (χ3n) is 4.23. The molecule has 1 aliphatic carbocycles. The minimum atomic E-state index is 0.109. The zero-order chi connectivity index (χ0) is 12.5. The second-order valence-corrected chi connectivity index (χ2v) is 5.46. The minimum Gasteiger partial charge on any atom is -0.326 e. The molecule has 1 aromatic carbocycles. The first-order valence-electron chi connectivity index (χ1n) is 6.90. The fraction of sp³-hybridized carbons (Fsp3) is 0.533. The summed E-state index contributed by atoms with van der Waals surface area (Å²) in [5.41, 5.74) is 3.81. The fourth-order valence-electron chi connectivity index (χ4n) is 3.10. The number of benzene rings is 1.